The highest BCUT2D eigenvalue weighted by molar-refractivity contribution is 7.98. The second-order valence-electron chi connectivity index (χ2n) is 2.90. The molecular formula is C11H15NS. The van der Waals surface area contributed by atoms with E-state index >= 15 is 0 Å². The third-order valence-electron chi connectivity index (χ3n) is 1.96. The molecule has 0 radical (unpaired) electrons. The molecule has 0 fully saturated rings. The Morgan fingerprint density at radius 3 is 2.54 bits per heavy atom. The number of rotatable bonds is 4. The smallest absolute Gasteiger partial charge is 0.0329 e. The average Bonchev–Trinajstić information content (AvgIpc) is 2.18. The normalized spacial score (nSPS) is 12.5. The summed E-state index contributed by atoms with van der Waals surface area (Å²) >= 11 is 1.74. The Balaban J connectivity index is 2.73. The van der Waals surface area contributed by atoms with Crippen LogP contribution in [-0.4, -0.2) is 6.26 Å². The Bertz CT molecular complexity index is 266. The number of hydrogen-bond donors (Lipinski definition) is 1. The quantitative estimate of drug-likeness (QED) is 0.587. The van der Waals surface area contributed by atoms with Gasteiger partial charge in [0.25, 0.3) is 0 Å². The third-order valence-corrected chi connectivity index (χ3v) is 2.71. The molecule has 13 heavy (non-hydrogen) atoms. The Morgan fingerprint density at radius 1 is 1.46 bits per heavy atom. The van der Waals surface area contributed by atoms with Crippen molar-refractivity contribution in [2.24, 2.45) is 5.73 Å². The summed E-state index contributed by atoms with van der Waals surface area (Å²) < 4.78 is 0. The van der Waals surface area contributed by atoms with Gasteiger partial charge < -0.3 is 5.73 Å². The fourth-order valence-electron chi connectivity index (χ4n) is 1.17. The van der Waals surface area contributed by atoms with Crippen molar-refractivity contribution in [2.45, 2.75) is 17.4 Å². The SMILES string of the molecule is C=CC[C@@H](N)c1ccc(SC)cc1. The van der Waals surface area contributed by atoms with Crippen molar-refractivity contribution < 1.29 is 0 Å². The molecular weight excluding hydrogens is 178 g/mol. The van der Waals surface area contributed by atoms with E-state index in [1.807, 2.05) is 6.08 Å². The van der Waals surface area contributed by atoms with Crippen molar-refractivity contribution in [1.29, 1.82) is 0 Å². The molecule has 0 spiro atoms. The van der Waals surface area contributed by atoms with Gasteiger partial charge in [-0.1, -0.05) is 18.2 Å². The van der Waals surface area contributed by atoms with E-state index < -0.39 is 0 Å². The Labute approximate surface area is 84.0 Å². The van der Waals surface area contributed by atoms with Crippen LogP contribution >= 0.6 is 11.8 Å². The summed E-state index contributed by atoms with van der Waals surface area (Å²) in [5.41, 5.74) is 7.10. The van der Waals surface area contributed by atoms with Crippen LogP contribution in [0.15, 0.2) is 41.8 Å². The van der Waals surface area contributed by atoms with Crippen LogP contribution in [0, 0.1) is 0 Å². The molecule has 0 aromatic heterocycles. The van der Waals surface area contributed by atoms with Crippen molar-refractivity contribution in [3.05, 3.63) is 42.5 Å². The molecule has 0 aliphatic carbocycles. The Kier molecular flexibility index (Phi) is 4.06. The lowest BCUT2D eigenvalue weighted by Crippen LogP contribution is -2.08. The van der Waals surface area contributed by atoms with Gasteiger partial charge in [0, 0.05) is 10.9 Å². The van der Waals surface area contributed by atoms with E-state index in [1.165, 1.54) is 10.5 Å². The van der Waals surface area contributed by atoms with Gasteiger partial charge in [-0.05, 0) is 30.4 Å². The van der Waals surface area contributed by atoms with Gasteiger partial charge in [-0.3, -0.25) is 0 Å². The van der Waals surface area contributed by atoms with Gasteiger partial charge in [0.15, 0.2) is 0 Å². The van der Waals surface area contributed by atoms with Gasteiger partial charge in [0.1, 0.15) is 0 Å². The molecule has 2 N–H and O–H groups in total. The molecule has 2 heteroatoms. The van der Waals surface area contributed by atoms with E-state index in [9.17, 15) is 0 Å². The lowest BCUT2D eigenvalue weighted by atomic mass is 10.1. The molecule has 0 amide bonds. The molecule has 0 unspecified atom stereocenters. The largest absolute Gasteiger partial charge is 0.324 e. The number of nitrogens with two attached hydrogens (primary N) is 1. The van der Waals surface area contributed by atoms with Crippen molar-refractivity contribution in [3.8, 4) is 0 Å². The first kappa shape index (κ1) is 10.4. The van der Waals surface area contributed by atoms with Crippen LogP contribution in [0.2, 0.25) is 0 Å². The number of hydrogen-bond acceptors (Lipinski definition) is 2. The van der Waals surface area contributed by atoms with Crippen molar-refractivity contribution in [2.75, 3.05) is 6.26 Å². The fraction of sp³-hybridized carbons (Fsp3) is 0.273. The molecule has 1 rings (SSSR count). The maximum atomic E-state index is 5.92. The van der Waals surface area contributed by atoms with Crippen LogP contribution in [-0.2, 0) is 0 Å². The molecule has 0 aliphatic heterocycles. The molecule has 0 bridgehead atoms. The van der Waals surface area contributed by atoms with Gasteiger partial charge in [-0.2, -0.15) is 0 Å². The Morgan fingerprint density at radius 2 is 2.08 bits per heavy atom. The highest BCUT2D eigenvalue weighted by Crippen LogP contribution is 2.19. The van der Waals surface area contributed by atoms with E-state index in [1.54, 1.807) is 11.8 Å². The Hall–Kier alpha value is -0.730. The van der Waals surface area contributed by atoms with Crippen LogP contribution in [0.3, 0.4) is 0 Å². The minimum absolute atomic E-state index is 0.0911. The zero-order valence-electron chi connectivity index (χ0n) is 7.86. The highest BCUT2D eigenvalue weighted by atomic mass is 32.2. The summed E-state index contributed by atoms with van der Waals surface area (Å²) in [7, 11) is 0. The summed E-state index contributed by atoms with van der Waals surface area (Å²) in [5, 5.41) is 0. The van der Waals surface area contributed by atoms with E-state index in [-0.39, 0.29) is 6.04 Å². The number of benzene rings is 1. The summed E-state index contributed by atoms with van der Waals surface area (Å²) in [6, 6.07) is 8.46. The van der Waals surface area contributed by atoms with Gasteiger partial charge in [0.05, 0.1) is 0 Å². The maximum absolute atomic E-state index is 5.92. The minimum atomic E-state index is 0.0911. The maximum Gasteiger partial charge on any atom is 0.0329 e. The van der Waals surface area contributed by atoms with E-state index in [0.29, 0.717) is 0 Å². The van der Waals surface area contributed by atoms with Gasteiger partial charge >= 0.3 is 0 Å². The van der Waals surface area contributed by atoms with Gasteiger partial charge in [-0.15, -0.1) is 18.3 Å². The van der Waals surface area contributed by atoms with Gasteiger partial charge in [-0.25, -0.2) is 0 Å². The molecule has 1 atom stereocenters. The second-order valence-corrected chi connectivity index (χ2v) is 3.78. The zero-order chi connectivity index (χ0) is 9.68. The summed E-state index contributed by atoms with van der Waals surface area (Å²) in [5.74, 6) is 0. The van der Waals surface area contributed by atoms with Crippen molar-refractivity contribution in [3.63, 3.8) is 0 Å². The van der Waals surface area contributed by atoms with E-state index in [4.69, 9.17) is 5.73 Å². The molecule has 1 aromatic rings. The average molecular weight is 193 g/mol. The minimum Gasteiger partial charge on any atom is -0.324 e. The van der Waals surface area contributed by atoms with Crippen molar-refractivity contribution in [1.82, 2.24) is 0 Å². The van der Waals surface area contributed by atoms with E-state index in [0.717, 1.165) is 6.42 Å². The van der Waals surface area contributed by atoms with Crippen molar-refractivity contribution >= 4 is 11.8 Å². The number of thioether (sulfide) groups is 1. The zero-order valence-corrected chi connectivity index (χ0v) is 8.68. The fourth-order valence-corrected chi connectivity index (χ4v) is 1.57. The standard InChI is InChI=1S/C11H15NS/c1-3-4-11(12)9-5-7-10(13-2)8-6-9/h3,5-8,11H,1,4,12H2,2H3/t11-/m1/s1. The molecule has 0 saturated heterocycles. The van der Waals surface area contributed by atoms with E-state index in [2.05, 4.69) is 37.1 Å². The molecule has 1 aromatic carbocycles. The topological polar surface area (TPSA) is 26.0 Å². The second kappa shape index (κ2) is 5.10. The van der Waals surface area contributed by atoms with Crippen LogP contribution < -0.4 is 5.73 Å². The molecule has 0 heterocycles. The van der Waals surface area contributed by atoms with Crippen LogP contribution in [0.4, 0.5) is 0 Å². The third kappa shape index (κ3) is 2.90. The summed E-state index contributed by atoms with van der Waals surface area (Å²) in [6.07, 6.45) is 4.75. The lowest BCUT2D eigenvalue weighted by Gasteiger charge is -2.09. The molecule has 0 saturated carbocycles. The van der Waals surface area contributed by atoms with Crippen LogP contribution in [0.1, 0.15) is 18.0 Å². The lowest BCUT2D eigenvalue weighted by molar-refractivity contribution is 0.741. The highest BCUT2D eigenvalue weighted by Gasteiger charge is 2.02. The van der Waals surface area contributed by atoms with Crippen LogP contribution in [0.5, 0.6) is 0 Å². The first-order valence-corrected chi connectivity index (χ1v) is 5.51. The molecule has 1 nitrogen and oxygen atoms in total. The van der Waals surface area contributed by atoms with Gasteiger partial charge in [0.2, 0.25) is 0 Å². The first-order valence-electron chi connectivity index (χ1n) is 4.28. The monoisotopic (exact) mass is 193 g/mol. The predicted molar refractivity (Wildman–Crippen MR) is 60.0 cm³/mol. The predicted octanol–water partition coefficient (Wildman–Crippen LogP) is 2.98. The van der Waals surface area contributed by atoms with Crippen LogP contribution in [0.25, 0.3) is 0 Å². The molecule has 0 aliphatic rings. The first-order chi connectivity index (χ1) is 6.27. The summed E-state index contributed by atoms with van der Waals surface area (Å²) in [6.45, 7) is 3.68. The molecule has 70 valence electrons. The summed E-state index contributed by atoms with van der Waals surface area (Å²) in [4.78, 5) is 1.27.